The number of piperidine rings is 1. The highest BCUT2D eigenvalue weighted by atomic mass is 16.1. The standard InChI is InChI=1S/C25H30N4O2/c1-18-7-6-14-29(16-18)17-20-9-3-2-8-19(20)15-26-24(30)13-12-23-27-22-11-5-4-10-21(22)25(31)28-23/h2-5,8-11,18H,6-7,12-17H2,1H3,(H,26,30)(H,27,28,31)/t18-/m1/s1. The number of hydrogen-bond donors (Lipinski definition) is 2. The number of aromatic nitrogens is 2. The number of benzene rings is 2. The highest BCUT2D eigenvalue weighted by molar-refractivity contribution is 5.78. The number of para-hydroxylation sites is 1. The van der Waals surface area contributed by atoms with Crippen LogP contribution in [0.2, 0.25) is 0 Å². The lowest BCUT2D eigenvalue weighted by Crippen LogP contribution is -2.34. The van der Waals surface area contributed by atoms with Gasteiger partial charge in [-0.3, -0.25) is 14.5 Å². The fourth-order valence-corrected chi connectivity index (χ4v) is 4.32. The van der Waals surface area contributed by atoms with Gasteiger partial charge in [-0.15, -0.1) is 0 Å². The molecule has 1 atom stereocenters. The minimum absolute atomic E-state index is 0.0443. The topological polar surface area (TPSA) is 78.1 Å². The third-order valence-electron chi connectivity index (χ3n) is 5.98. The van der Waals surface area contributed by atoms with Crippen LogP contribution in [0.1, 0.15) is 43.1 Å². The molecule has 4 rings (SSSR count). The first-order chi connectivity index (χ1) is 15.1. The van der Waals surface area contributed by atoms with Gasteiger partial charge in [0, 0.05) is 32.5 Å². The molecule has 1 saturated heterocycles. The van der Waals surface area contributed by atoms with E-state index in [1.807, 2.05) is 24.3 Å². The van der Waals surface area contributed by atoms with Crippen molar-refractivity contribution in [2.24, 2.45) is 5.92 Å². The Hall–Kier alpha value is -2.99. The quantitative estimate of drug-likeness (QED) is 0.616. The van der Waals surface area contributed by atoms with Crippen LogP contribution in [0.25, 0.3) is 10.9 Å². The molecule has 162 valence electrons. The summed E-state index contributed by atoms with van der Waals surface area (Å²) in [5.74, 6) is 1.24. The fourth-order valence-electron chi connectivity index (χ4n) is 4.32. The number of rotatable bonds is 7. The van der Waals surface area contributed by atoms with E-state index in [-0.39, 0.29) is 17.9 Å². The SMILES string of the molecule is C[C@@H]1CCCN(Cc2ccccc2CNC(=O)CCc2nc3ccccc3c(=O)[nH]2)C1. The molecule has 0 unspecified atom stereocenters. The first kappa shape index (κ1) is 21.2. The van der Waals surface area contributed by atoms with Gasteiger partial charge in [0.2, 0.25) is 5.91 Å². The second kappa shape index (κ2) is 9.88. The monoisotopic (exact) mass is 418 g/mol. The summed E-state index contributed by atoms with van der Waals surface area (Å²) >= 11 is 0. The smallest absolute Gasteiger partial charge is 0.258 e. The Kier molecular flexibility index (Phi) is 6.77. The normalized spacial score (nSPS) is 17.0. The van der Waals surface area contributed by atoms with Crippen LogP contribution in [-0.2, 0) is 24.3 Å². The van der Waals surface area contributed by atoms with Crippen molar-refractivity contribution in [3.63, 3.8) is 0 Å². The van der Waals surface area contributed by atoms with Crippen LogP contribution in [0.15, 0.2) is 53.3 Å². The largest absolute Gasteiger partial charge is 0.352 e. The van der Waals surface area contributed by atoms with Gasteiger partial charge >= 0.3 is 0 Å². The minimum atomic E-state index is -0.165. The predicted molar refractivity (Wildman–Crippen MR) is 123 cm³/mol. The zero-order chi connectivity index (χ0) is 21.6. The Morgan fingerprint density at radius 3 is 2.77 bits per heavy atom. The lowest BCUT2D eigenvalue weighted by Gasteiger charge is -2.31. The Morgan fingerprint density at radius 2 is 1.94 bits per heavy atom. The molecule has 2 N–H and O–H groups in total. The maximum absolute atomic E-state index is 12.4. The predicted octanol–water partition coefficient (Wildman–Crippen LogP) is 3.40. The summed E-state index contributed by atoms with van der Waals surface area (Å²) < 4.78 is 0. The Morgan fingerprint density at radius 1 is 1.16 bits per heavy atom. The third-order valence-corrected chi connectivity index (χ3v) is 5.98. The van der Waals surface area contributed by atoms with Gasteiger partial charge in [0.15, 0.2) is 0 Å². The van der Waals surface area contributed by atoms with E-state index >= 15 is 0 Å². The highest BCUT2D eigenvalue weighted by Crippen LogP contribution is 2.19. The van der Waals surface area contributed by atoms with Gasteiger partial charge in [-0.2, -0.15) is 0 Å². The number of aromatic amines is 1. The molecule has 0 aliphatic carbocycles. The molecule has 1 fully saturated rings. The fraction of sp³-hybridized carbons (Fsp3) is 0.400. The summed E-state index contributed by atoms with van der Waals surface area (Å²) in [6.45, 7) is 6.04. The van der Waals surface area contributed by atoms with Crippen molar-refractivity contribution < 1.29 is 4.79 Å². The van der Waals surface area contributed by atoms with Crippen molar-refractivity contribution in [3.8, 4) is 0 Å². The van der Waals surface area contributed by atoms with E-state index in [4.69, 9.17) is 0 Å². The van der Waals surface area contributed by atoms with Gasteiger partial charge in [-0.25, -0.2) is 4.98 Å². The van der Waals surface area contributed by atoms with Crippen LogP contribution in [-0.4, -0.2) is 33.9 Å². The number of amides is 1. The summed E-state index contributed by atoms with van der Waals surface area (Å²) in [5, 5.41) is 3.60. The molecule has 1 aliphatic heterocycles. The Balaban J connectivity index is 1.32. The van der Waals surface area contributed by atoms with Crippen molar-refractivity contribution >= 4 is 16.8 Å². The van der Waals surface area contributed by atoms with Crippen molar-refractivity contribution in [1.29, 1.82) is 0 Å². The van der Waals surface area contributed by atoms with Crippen molar-refractivity contribution in [2.75, 3.05) is 13.1 Å². The molecule has 2 aromatic carbocycles. The van der Waals surface area contributed by atoms with Crippen molar-refractivity contribution in [3.05, 3.63) is 75.8 Å². The number of fused-ring (bicyclic) bond motifs is 1. The van der Waals surface area contributed by atoms with E-state index in [9.17, 15) is 9.59 Å². The molecule has 31 heavy (non-hydrogen) atoms. The molecule has 1 aliphatic rings. The summed E-state index contributed by atoms with van der Waals surface area (Å²) in [4.78, 5) is 34.4. The lowest BCUT2D eigenvalue weighted by atomic mass is 9.99. The molecule has 6 heteroatoms. The second-order valence-corrected chi connectivity index (χ2v) is 8.56. The first-order valence-electron chi connectivity index (χ1n) is 11.1. The van der Waals surface area contributed by atoms with Crippen LogP contribution in [0.3, 0.4) is 0 Å². The lowest BCUT2D eigenvalue weighted by molar-refractivity contribution is -0.121. The van der Waals surface area contributed by atoms with Gasteiger partial charge in [0.25, 0.3) is 5.56 Å². The molecular weight excluding hydrogens is 388 g/mol. The second-order valence-electron chi connectivity index (χ2n) is 8.56. The third kappa shape index (κ3) is 5.58. The van der Waals surface area contributed by atoms with E-state index in [0.717, 1.165) is 31.1 Å². The summed E-state index contributed by atoms with van der Waals surface area (Å²) in [7, 11) is 0. The molecule has 1 amide bonds. The molecule has 0 spiro atoms. The van der Waals surface area contributed by atoms with Crippen LogP contribution in [0, 0.1) is 5.92 Å². The van der Waals surface area contributed by atoms with Crippen LogP contribution >= 0.6 is 0 Å². The van der Waals surface area contributed by atoms with Gasteiger partial charge < -0.3 is 10.3 Å². The van der Waals surface area contributed by atoms with Crippen LogP contribution < -0.4 is 10.9 Å². The van der Waals surface area contributed by atoms with Crippen molar-refractivity contribution in [1.82, 2.24) is 20.2 Å². The van der Waals surface area contributed by atoms with Gasteiger partial charge in [0.05, 0.1) is 10.9 Å². The average molecular weight is 419 g/mol. The summed E-state index contributed by atoms with van der Waals surface area (Å²) in [6, 6.07) is 15.6. The zero-order valence-corrected chi connectivity index (χ0v) is 18.1. The Labute approximate surface area is 182 Å². The number of carbonyl (C=O) groups is 1. The molecule has 0 bridgehead atoms. The number of nitrogens with zero attached hydrogens (tertiary/aromatic N) is 2. The number of hydrogen-bond acceptors (Lipinski definition) is 4. The van der Waals surface area contributed by atoms with Crippen LogP contribution in [0.4, 0.5) is 0 Å². The average Bonchev–Trinajstić information content (AvgIpc) is 2.77. The maximum Gasteiger partial charge on any atom is 0.258 e. The van der Waals surface area contributed by atoms with E-state index in [2.05, 4.69) is 45.3 Å². The Bertz CT molecular complexity index is 1110. The maximum atomic E-state index is 12.4. The summed E-state index contributed by atoms with van der Waals surface area (Å²) in [6.07, 6.45) is 3.25. The van der Waals surface area contributed by atoms with Gasteiger partial charge in [-0.1, -0.05) is 43.3 Å². The van der Waals surface area contributed by atoms with E-state index in [1.165, 1.54) is 18.4 Å². The van der Waals surface area contributed by atoms with E-state index < -0.39 is 0 Å². The molecular formula is C25H30N4O2. The van der Waals surface area contributed by atoms with Gasteiger partial charge in [-0.05, 0) is 48.6 Å². The highest BCUT2D eigenvalue weighted by Gasteiger charge is 2.17. The molecule has 6 nitrogen and oxygen atoms in total. The molecule has 3 aromatic rings. The minimum Gasteiger partial charge on any atom is -0.352 e. The molecule has 0 radical (unpaired) electrons. The number of likely N-dealkylation sites (tertiary alicyclic amines) is 1. The van der Waals surface area contributed by atoms with E-state index in [0.29, 0.717) is 29.7 Å². The molecule has 2 heterocycles. The first-order valence-corrected chi connectivity index (χ1v) is 11.1. The number of nitrogens with one attached hydrogen (secondary N) is 2. The van der Waals surface area contributed by atoms with Gasteiger partial charge in [0.1, 0.15) is 5.82 Å². The summed E-state index contributed by atoms with van der Waals surface area (Å²) in [5.41, 5.74) is 2.92. The molecule has 0 saturated carbocycles. The number of H-pyrrole nitrogens is 1. The van der Waals surface area contributed by atoms with E-state index in [1.54, 1.807) is 6.07 Å². The molecule has 1 aromatic heterocycles. The zero-order valence-electron chi connectivity index (χ0n) is 18.1. The van der Waals surface area contributed by atoms with Crippen molar-refractivity contribution in [2.45, 2.75) is 45.7 Å². The van der Waals surface area contributed by atoms with Crippen LogP contribution in [0.5, 0.6) is 0 Å². The number of aryl methyl sites for hydroxylation is 1. The number of carbonyl (C=O) groups excluding carboxylic acids is 1.